The van der Waals surface area contributed by atoms with Crippen molar-refractivity contribution in [2.24, 2.45) is 0 Å². The van der Waals surface area contributed by atoms with E-state index in [-0.39, 0.29) is 4.90 Å². The van der Waals surface area contributed by atoms with Crippen LogP contribution in [0.5, 0.6) is 0 Å². The summed E-state index contributed by atoms with van der Waals surface area (Å²) in [5.41, 5.74) is 2.98. The Morgan fingerprint density at radius 1 is 0.846 bits per heavy atom. The van der Waals surface area contributed by atoms with Gasteiger partial charge in [0.15, 0.2) is 0 Å². The molecule has 130 valence electrons. The van der Waals surface area contributed by atoms with Crippen molar-refractivity contribution in [2.45, 2.75) is 11.8 Å². The first kappa shape index (κ1) is 16.9. The molecule has 3 aromatic carbocycles. The van der Waals surface area contributed by atoms with Gasteiger partial charge in [0.2, 0.25) is 0 Å². The third kappa shape index (κ3) is 2.71. The Hall–Kier alpha value is -2.56. The maximum atomic E-state index is 13.4. The molecule has 0 spiro atoms. The predicted octanol–water partition coefficient (Wildman–Crippen LogP) is 5.51. The van der Waals surface area contributed by atoms with Gasteiger partial charge in [-0.2, -0.15) is 0 Å². The minimum absolute atomic E-state index is 0.248. The van der Waals surface area contributed by atoms with Crippen molar-refractivity contribution < 1.29 is 8.42 Å². The molecule has 0 amide bonds. The number of fused-ring (bicyclic) bond motifs is 1. The first-order valence-electron chi connectivity index (χ1n) is 8.16. The molecule has 0 aliphatic rings. The lowest BCUT2D eigenvalue weighted by atomic mass is 10.1. The van der Waals surface area contributed by atoms with Crippen LogP contribution in [0.4, 0.5) is 0 Å². The van der Waals surface area contributed by atoms with Crippen LogP contribution in [0.1, 0.15) is 5.56 Å². The minimum atomic E-state index is -3.78. The molecular weight excluding hydrogens is 366 g/mol. The number of aromatic nitrogens is 1. The molecule has 0 saturated carbocycles. The average molecular weight is 382 g/mol. The van der Waals surface area contributed by atoms with Crippen LogP contribution in [0.2, 0.25) is 5.02 Å². The first-order chi connectivity index (χ1) is 12.5. The number of hydrogen-bond donors (Lipinski definition) is 0. The number of halogens is 1. The summed E-state index contributed by atoms with van der Waals surface area (Å²) in [6.45, 7) is 1.93. The van der Waals surface area contributed by atoms with E-state index in [4.69, 9.17) is 11.6 Å². The van der Waals surface area contributed by atoms with E-state index < -0.39 is 10.0 Å². The molecule has 4 rings (SSSR count). The van der Waals surface area contributed by atoms with Gasteiger partial charge in [0, 0.05) is 10.4 Å². The third-order valence-electron chi connectivity index (χ3n) is 4.38. The van der Waals surface area contributed by atoms with E-state index >= 15 is 0 Å². The van der Waals surface area contributed by atoms with Gasteiger partial charge in [-0.1, -0.05) is 65.7 Å². The van der Waals surface area contributed by atoms with E-state index in [0.29, 0.717) is 21.6 Å². The lowest BCUT2D eigenvalue weighted by Gasteiger charge is -2.12. The van der Waals surface area contributed by atoms with E-state index in [1.54, 1.807) is 42.5 Å². The fourth-order valence-corrected chi connectivity index (χ4v) is 4.81. The van der Waals surface area contributed by atoms with E-state index in [0.717, 1.165) is 11.1 Å². The molecule has 0 atom stereocenters. The van der Waals surface area contributed by atoms with Crippen LogP contribution < -0.4 is 0 Å². The van der Waals surface area contributed by atoms with Crippen molar-refractivity contribution in [1.82, 2.24) is 3.97 Å². The fourth-order valence-electron chi connectivity index (χ4n) is 3.05. The summed E-state index contributed by atoms with van der Waals surface area (Å²) in [6.07, 6.45) is 0. The van der Waals surface area contributed by atoms with Crippen molar-refractivity contribution in [3.63, 3.8) is 0 Å². The zero-order valence-corrected chi connectivity index (χ0v) is 15.6. The topological polar surface area (TPSA) is 39.1 Å². The Labute approximate surface area is 157 Å². The Kier molecular flexibility index (Phi) is 4.10. The van der Waals surface area contributed by atoms with E-state index in [2.05, 4.69) is 0 Å². The van der Waals surface area contributed by atoms with Crippen molar-refractivity contribution in [1.29, 1.82) is 0 Å². The molecule has 5 heteroatoms. The normalized spacial score (nSPS) is 11.8. The second kappa shape index (κ2) is 6.31. The van der Waals surface area contributed by atoms with Gasteiger partial charge in [-0.25, -0.2) is 12.4 Å². The lowest BCUT2D eigenvalue weighted by molar-refractivity contribution is 0.589. The summed E-state index contributed by atoms with van der Waals surface area (Å²) in [7, 11) is -3.78. The second-order valence-corrected chi connectivity index (χ2v) is 8.34. The highest BCUT2D eigenvalue weighted by atomic mass is 35.5. The maximum Gasteiger partial charge on any atom is 0.268 e. The van der Waals surface area contributed by atoms with Crippen LogP contribution in [-0.4, -0.2) is 12.4 Å². The Balaban J connectivity index is 2.08. The molecule has 1 aromatic heterocycles. The molecule has 0 aliphatic carbocycles. The SMILES string of the molecule is Cc1ccc(S(=O)(=O)n2c(-c3ccccc3)cc3c(Cl)cccc32)cc1. The molecule has 0 bridgehead atoms. The van der Waals surface area contributed by atoms with Crippen molar-refractivity contribution in [3.8, 4) is 11.3 Å². The lowest BCUT2D eigenvalue weighted by Crippen LogP contribution is -2.14. The smallest absolute Gasteiger partial charge is 0.233 e. The predicted molar refractivity (Wildman–Crippen MR) is 106 cm³/mol. The highest BCUT2D eigenvalue weighted by Gasteiger charge is 2.24. The summed E-state index contributed by atoms with van der Waals surface area (Å²) in [5, 5.41) is 1.24. The Bertz CT molecular complexity index is 1190. The summed E-state index contributed by atoms with van der Waals surface area (Å²) in [6, 6.07) is 23.5. The minimum Gasteiger partial charge on any atom is -0.233 e. The standard InChI is InChI=1S/C21H16ClNO2S/c1-15-10-12-17(13-11-15)26(24,25)23-20-9-5-8-19(22)18(20)14-21(23)16-6-3-2-4-7-16/h2-14H,1H3. The van der Waals surface area contributed by atoms with Crippen molar-refractivity contribution in [2.75, 3.05) is 0 Å². The van der Waals surface area contributed by atoms with Crippen molar-refractivity contribution in [3.05, 3.63) is 89.4 Å². The van der Waals surface area contributed by atoms with Crippen LogP contribution >= 0.6 is 11.6 Å². The van der Waals surface area contributed by atoms with Gasteiger partial charge in [-0.3, -0.25) is 0 Å². The number of nitrogens with zero attached hydrogens (tertiary/aromatic N) is 1. The number of hydrogen-bond acceptors (Lipinski definition) is 2. The van der Waals surface area contributed by atoms with Crippen molar-refractivity contribution >= 4 is 32.5 Å². The highest BCUT2D eigenvalue weighted by Crippen LogP contribution is 2.35. The van der Waals surface area contributed by atoms with Gasteiger partial charge in [0.05, 0.1) is 16.1 Å². The highest BCUT2D eigenvalue weighted by molar-refractivity contribution is 7.90. The molecule has 0 N–H and O–H groups in total. The molecule has 0 saturated heterocycles. The summed E-state index contributed by atoms with van der Waals surface area (Å²) in [4.78, 5) is 0.248. The zero-order valence-electron chi connectivity index (χ0n) is 14.1. The Morgan fingerprint density at radius 3 is 2.23 bits per heavy atom. The Morgan fingerprint density at radius 2 is 1.54 bits per heavy atom. The van der Waals surface area contributed by atoms with Gasteiger partial charge >= 0.3 is 0 Å². The first-order valence-corrected chi connectivity index (χ1v) is 9.98. The van der Waals surface area contributed by atoms with Gasteiger partial charge < -0.3 is 0 Å². The van der Waals surface area contributed by atoms with Gasteiger partial charge in [0.1, 0.15) is 0 Å². The van der Waals surface area contributed by atoms with E-state index in [1.807, 2.05) is 43.3 Å². The van der Waals surface area contributed by atoms with Crippen LogP contribution in [0, 0.1) is 6.92 Å². The largest absolute Gasteiger partial charge is 0.268 e. The fraction of sp³-hybridized carbons (Fsp3) is 0.0476. The number of rotatable bonds is 3. The second-order valence-electron chi connectivity index (χ2n) is 6.15. The monoisotopic (exact) mass is 381 g/mol. The third-order valence-corrected chi connectivity index (χ3v) is 6.45. The quantitative estimate of drug-likeness (QED) is 0.469. The molecule has 26 heavy (non-hydrogen) atoms. The molecular formula is C21H16ClNO2S. The molecule has 0 radical (unpaired) electrons. The molecule has 3 nitrogen and oxygen atoms in total. The van der Waals surface area contributed by atoms with Crippen LogP contribution in [-0.2, 0) is 10.0 Å². The number of aryl methyl sites for hydroxylation is 1. The summed E-state index contributed by atoms with van der Waals surface area (Å²) >= 11 is 6.34. The molecule has 0 aliphatic heterocycles. The maximum absolute atomic E-state index is 13.4. The zero-order chi connectivity index (χ0) is 18.3. The molecule has 1 heterocycles. The van der Waals surface area contributed by atoms with E-state index in [1.165, 1.54) is 3.97 Å². The molecule has 0 unspecified atom stereocenters. The van der Waals surface area contributed by atoms with Gasteiger partial charge in [-0.05, 0) is 42.8 Å². The summed E-state index contributed by atoms with van der Waals surface area (Å²) in [5.74, 6) is 0. The van der Waals surface area contributed by atoms with E-state index in [9.17, 15) is 8.42 Å². The van der Waals surface area contributed by atoms with Crippen LogP contribution in [0.3, 0.4) is 0 Å². The van der Waals surface area contributed by atoms with Gasteiger partial charge in [-0.15, -0.1) is 0 Å². The molecule has 4 aromatic rings. The van der Waals surface area contributed by atoms with Gasteiger partial charge in [0.25, 0.3) is 10.0 Å². The van der Waals surface area contributed by atoms with Crippen LogP contribution in [0.25, 0.3) is 22.2 Å². The van der Waals surface area contributed by atoms with Crippen LogP contribution in [0.15, 0.2) is 83.8 Å². The number of benzene rings is 3. The average Bonchev–Trinajstić information content (AvgIpc) is 3.05. The summed E-state index contributed by atoms with van der Waals surface area (Å²) < 4.78 is 28.3. The molecule has 0 fully saturated rings.